The third kappa shape index (κ3) is 8.80. The molecule has 0 heterocycles. The van der Waals surface area contributed by atoms with E-state index in [1.165, 1.54) is 0 Å². The van der Waals surface area contributed by atoms with Crippen LogP contribution in [0.5, 0.6) is 0 Å². The van der Waals surface area contributed by atoms with Gasteiger partial charge in [0.1, 0.15) is 0 Å². The molecule has 0 aromatic carbocycles. The van der Waals surface area contributed by atoms with Crippen LogP contribution in [0.4, 0.5) is 4.79 Å². The van der Waals surface area contributed by atoms with E-state index < -0.39 is 11.7 Å². The van der Waals surface area contributed by atoms with Crippen LogP contribution >= 0.6 is 0 Å². The lowest BCUT2D eigenvalue weighted by atomic mass is 10.1. The Hall–Kier alpha value is -1.53. The molecule has 0 saturated carbocycles. The summed E-state index contributed by atoms with van der Waals surface area (Å²) in [5.41, 5.74) is 0. The summed E-state index contributed by atoms with van der Waals surface area (Å²) in [4.78, 5) is 32.0. The van der Waals surface area contributed by atoms with Crippen LogP contribution in [0.1, 0.15) is 13.3 Å². The maximum absolute atomic E-state index is 11.0. The Morgan fingerprint density at radius 2 is 1.93 bits per heavy atom. The van der Waals surface area contributed by atoms with Crippen molar-refractivity contribution in [3.05, 3.63) is 0 Å². The minimum Gasteiger partial charge on any atom is -0.466 e. The fraction of sp³-hybridized carbons (Fsp3) is 0.625. The second kappa shape index (κ2) is 7.84. The highest BCUT2D eigenvalue weighted by molar-refractivity contribution is 6.57. The summed E-state index contributed by atoms with van der Waals surface area (Å²) in [6.07, 6.45) is 0.107. The van der Waals surface area contributed by atoms with Crippen LogP contribution in [0, 0.1) is 0 Å². The number of rotatable bonds is 6. The predicted octanol–water partition coefficient (Wildman–Crippen LogP) is -1.07. The van der Waals surface area contributed by atoms with Gasteiger partial charge in [-0.15, -0.1) is 0 Å². The van der Waals surface area contributed by atoms with Crippen molar-refractivity contribution in [2.45, 2.75) is 13.3 Å². The zero-order valence-electron chi connectivity index (χ0n) is 8.54. The molecule has 0 aliphatic carbocycles. The maximum atomic E-state index is 11.0. The largest absolute Gasteiger partial charge is 0.466 e. The molecule has 0 aromatic rings. The van der Waals surface area contributed by atoms with E-state index in [2.05, 4.69) is 15.4 Å². The van der Waals surface area contributed by atoms with E-state index in [0.29, 0.717) is 6.61 Å². The first-order valence-electron chi connectivity index (χ1n) is 4.52. The molecule has 0 aromatic heterocycles. The van der Waals surface area contributed by atoms with Crippen LogP contribution in [0.3, 0.4) is 0 Å². The molecular formula is C8H13BN2O4. The van der Waals surface area contributed by atoms with Gasteiger partial charge in [0.05, 0.1) is 19.6 Å². The average molecular weight is 212 g/mol. The van der Waals surface area contributed by atoms with Crippen molar-refractivity contribution in [1.82, 2.24) is 10.6 Å². The van der Waals surface area contributed by atoms with Gasteiger partial charge >= 0.3 is 5.97 Å². The van der Waals surface area contributed by atoms with E-state index in [-0.39, 0.29) is 25.5 Å². The topological polar surface area (TPSA) is 84.5 Å². The highest BCUT2D eigenvalue weighted by Gasteiger charge is 2.04. The van der Waals surface area contributed by atoms with Gasteiger partial charge in [-0.25, -0.2) is 0 Å². The lowest BCUT2D eigenvalue weighted by Crippen LogP contribution is -2.37. The second-order valence-corrected chi connectivity index (χ2v) is 2.62. The van der Waals surface area contributed by atoms with Gasteiger partial charge in [-0.05, 0) is 6.92 Å². The minimum absolute atomic E-state index is 0.107. The summed E-state index contributed by atoms with van der Waals surface area (Å²) in [7, 11) is 4.75. The van der Waals surface area contributed by atoms with E-state index in [1.54, 1.807) is 6.92 Å². The minimum atomic E-state index is -0.768. The average Bonchev–Trinajstić information content (AvgIpc) is 2.15. The Kier molecular flexibility index (Phi) is 7.04. The molecule has 82 valence electrons. The van der Waals surface area contributed by atoms with Crippen LogP contribution in [-0.4, -0.2) is 45.2 Å². The van der Waals surface area contributed by atoms with Crippen molar-refractivity contribution >= 4 is 25.5 Å². The molecule has 2 amide bonds. The molecule has 0 rings (SSSR count). The predicted molar refractivity (Wildman–Crippen MR) is 53.4 cm³/mol. The third-order valence-electron chi connectivity index (χ3n) is 1.38. The molecule has 0 bridgehead atoms. The Morgan fingerprint density at radius 3 is 2.47 bits per heavy atom. The second-order valence-electron chi connectivity index (χ2n) is 2.62. The number of esters is 1. The molecule has 15 heavy (non-hydrogen) atoms. The zero-order chi connectivity index (χ0) is 11.7. The summed E-state index contributed by atoms with van der Waals surface area (Å²) in [6.45, 7) is 2.00. The van der Waals surface area contributed by atoms with Gasteiger partial charge in [0.15, 0.2) is 5.81 Å². The standard InChI is InChI=1S/C8H13BN2O4/c1-2-15-7(13)3-4-10-6(12)5-11-8(9)14/h2-5H2,1H3,(H,10,12)(H,11,14). The Balaban J connectivity index is 3.46. The molecule has 2 N–H and O–H groups in total. The van der Waals surface area contributed by atoms with Crippen LogP contribution in [-0.2, 0) is 14.3 Å². The van der Waals surface area contributed by atoms with Gasteiger partial charge in [0.2, 0.25) is 13.8 Å². The van der Waals surface area contributed by atoms with E-state index >= 15 is 0 Å². The molecule has 0 aliphatic heterocycles. The van der Waals surface area contributed by atoms with Gasteiger partial charge in [-0.1, -0.05) is 0 Å². The fourth-order valence-electron chi connectivity index (χ4n) is 0.767. The molecule has 0 unspecified atom stereocenters. The number of carbonyl (C=O) groups excluding carboxylic acids is 3. The quantitative estimate of drug-likeness (QED) is 0.433. The number of nitrogens with one attached hydrogen (secondary N) is 2. The molecule has 2 radical (unpaired) electrons. The molecule has 7 heteroatoms. The lowest BCUT2D eigenvalue weighted by molar-refractivity contribution is -0.143. The van der Waals surface area contributed by atoms with Gasteiger partial charge < -0.3 is 15.4 Å². The summed E-state index contributed by atoms with van der Waals surface area (Å²) in [5, 5.41) is 4.54. The van der Waals surface area contributed by atoms with E-state index in [0.717, 1.165) is 0 Å². The van der Waals surface area contributed by atoms with E-state index in [9.17, 15) is 14.4 Å². The Bertz CT molecular complexity index is 245. The first kappa shape index (κ1) is 13.5. The van der Waals surface area contributed by atoms with Crippen LogP contribution < -0.4 is 10.6 Å². The monoisotopic (exact) mass is 212 g/mol. The summed E-state index contributed by atoms with van der Waals surface area (Å²) < 4.78 is 4.64. The van der Waals surface area contributed by atoms with Gasteiger partial charge in [-0.3, -0.25) is 14.4 Å². The third-order valence-corrected chi connectivity index (χ3v) is 1.38. The number of hydrogen-bond acceptors (Lipinski definition) is 4. The Labute approximate surface area is 89.1 Å². The van der Waals surface area contributed by atoms with Crippen LogP contribution in [0.2, 0.25) is 0 Å². The van der Waals surface area contributed by atoms with Crippen molar-refractivity contribution in [3.8, 4) is 0 Å². The fourth-order valence-corrected chi connectivity index (χ4v) is 0.767. The first-order chi connectivity index (χ1) is 7.06. The Morgan fingerprint density at radius 1 is 1.27 bits per heavy atom. The summed E-state index contributed by atoms with van der Waals surface area (Å²) in [6, 6.07) is 0. The van der Waals surface area contributed by atoms with Crippen molar-refractivity contribution in [2.24, 2.45) is 0 Å². The number of hydrogen-bond donors (Lipinski definition) is 2. The SMILES string of the molecule is [B]C(=O)NCC(=O)NCCC(=O)OCC. The number of carbonyl (C=O) groups is 3. The van der Waals surface area contributed by atoms with Crippen LogP contribution in [0.15, 0.2) is 0 Å². The summed E-state index contributed by atoms with van der Waals surface area (Å²) >= 11 is 0. The molecule has 0 saturated heterocycles. The molecule has 0 fully saturated rings. The molecule has 0 atom stereocenters. The molecule has 0 aliphatic rings. The van der Waals surface area contributed by atoms with Crippen molar-refractivity contribution in [2.75, 3.05) is 19.7 Å². The highest BCUT2D eigenvalue weighted by atomic mass is 16.5. The molecule has 6 nitrogen and oxygen atoms in total. The first-order valence-corrected chi connectivity index (χ1v) is 4.52. The number of amides is 2. The van der Waals surface area contributed by atoms with Gasteiger partial charge in [-0.2, -0.15) is 0 Å². The van der Waals surface area contributed by atoms with Crippen LogP contribution in [0.25, 0.3) is 0 Å². The normalized spacial score (nSPS) is 9.13. The van der Waals surface area contributed by atoms with Gasteiger partial charge in [0.25, 0.3) is 0 Å². The highest BCUT2D eigenvalue weighted by Crippen LogP contribution is 1.83. The van der Waals surface area contributed by atoms with Crippen molar-refractivity contribution < 1.29 is 19.1 Å². The van der Waals surface area contributed by atoms with E-state index in [1.807, 2.05) is 0 Å². The van der Waals surface area contributed by atoms with E-state index in [4.69, 9.17) is 7.85 Å². The van der Waals surface area contributed by atoms with Crippen molar-refractivity contribution in [3.63, 3.8) is 0 Å². The van der Waals surface area contributed by atoms with Crippen molar-refractivity contribution in [1.29, 1.82) is 0 Å². The summed E-state index contributed by atoms with van der Waals surface area (Å²) in [5.74, 6) is -1.55. The van der Waals surface area contributed by atoms with Gasteiger partial charge in [0, 0.05) is 6.54 Å². The molecule has 0 spiro atoms. The maximum Gasteiger partial charge on any atom is 0.307 e. The zero-order valence-corrected chi connectivity index (χ0v) is 8.54. The molecular weight excluding hydrogens is 199 g/mol. The smallest absolute Gasteiger partial charge is 0.307 e. The number of ether oxygens (including phenoxy) is 1. The lowest BCUT2D eigenvalue weighted by Gasteiger charge is -2.05.